The topological polar surface area (TPSA) is 37.2 Å². The van der Waals surface area contributed by atoms with Crippen molar-refractivity contribution in [3.8, 4) is 0 Å². The quantitative estimate of drug-likeness (QED) is 0.779. The van der Waals surface area contributed by atoms with Crippen LogP contribution >= 0.6 is 11.3 Å². The number of hydrogen-bond acceptors (Lipinski definition) is 3. The Hall–Kier alpha value is -1.10. The van der Waals surface area contributed by atoms with Gasteiger partial charge in [0.2, 0.25) is 0 Å². The SMILES string of the molecule is CC(CCO)CNCc1cccn1Cc1cccs1. The van der Waals surface area contributed by atoms with Gasteiger partial charge in [-0.15, -0.1) is 11.3 Å². The van der Waals surface area contributed by atoms with E-state index in [2.05, 4.69) is 52.7 Å². The zero-order chi connectivity index (χ0) is 13.5. The molecule has 0 saturated heterocycles. The third kappa shape index (κ3) is 4.49. The summed E-state index contributed by atoms with van der Waals surface area (Å²) in [6, 6.07) is 8.53. The molecule has 4 heteroatoms. The minimum atomic E-state index is 0.275. The standard InChI is InChI=1S/C15H22N2OS/c1-13(6-8-18)10-16-11-14-4-2-7-17(14)12-15-5-3-9-19-15/h2-5,7,9,13,16,18H,6,8,10-12H2,1H3. The molecule has 0 bridgehead atoms. The molecule has 0 aliphatic heterocycles. The van der Waals surface area contributed by atoms with Crippen LogP contribution in [0, 0.1) is 5.92 Å². The van der Waals surface area contributed by atoms with Crippen LogP contribution in [0.1, 0.15) is 23.9 Å². The van der Waals surface area contributed by atoms with Gasteiger partial charge in [0.25, 0.3) is 0 Å². The summed E-state index contributed by atoms with van der Waals surface area (Å²) < 4.78 is 2.29. The fourth-order valence-electron chi connectivity index (χ4n) is 2.10. The number of nitrogens with zero attached hydrogens (tertiary/aromatic N) is 1. The highest BCUT2D eigenvalue weighted by Gasteiger charge is 2.04. The second-order valence-electron chi connectivity index (χ2n) is 4.96. The maximum atomic E-state index is 8.88. The second kappa shape index (κ2) is 7.48. The van der Waals surface area contributed by atoms with Crippen LogP contribution < -0.4 is 5.32 Å². The number of nitrogens with one attached hydrogen (secondary N) is 1. The summed E-state index contributed by atoms with van der Waals surface area (Å²) >= 11 is 1.80. The first-order chi connectivity index (χ1) is 9.29. The van der Waals surface area contributed by atoms with Crippen molar-refractivity contribution in [2.24, 2.45) is 5.92 Å². The van der Waals surface area contributed by atoms with Gasteiger partial charge in [-0.25, -0.2) is 0 Å². The molecule has 1 atom stereocenters. The molecule has 1 unspecified atom stereocenters. The van der Waals surface area contributed by atoms with Crippen molar-refractivity contribution in [1.29, 1.82) is 0 Å². The molecule has 0 fully saturated rings. The van der Waals surface area contributed by atoms with E-state index in [1.807, 2.05) is 0 Å². The zero-order valence-corrected chi connectivity index (χ0v) is 12.2. The average Bonchev–Trinajstić information content (AvgIpc) is 3.03. The zero-order valence-electron chi connectivity index (χ0n) is 11.4. The summed E-state index contributed by atoms with van der Waals surface area (Å²) in [4.78, 5) is 1.38. The molecular formula is C15H22N2OS. The molecule has 19 heavy (non-hydrogen) atoms. The minimum Gasteiger partial charge on any atom is -0.396 e. The van der Waals surface area contributed by atoms with Gasteiger partial charge in [-0.2, -0.15) is 0 Å². The average molecular weight is 278 g/mol. The van der Waals surface area contributed by atoms with Gasteiger partial charge in [-0.1, -0.05) is 13.0 Å². The van der Waals surface area contributed by atoms with Gasteiger partial charge < -0.3 is 15.0 Å². The highest BCUT2D eigenvalue weighted by atomic mass is 32.1. The van der Waals surface area contributed by atoms with Crippen molar-refractivity contribution in [1.82, 2.24) is 9.88 Å². The predicted molar refractivity (Wildman–Crippen MR) is 80.4 cm³/mol. The molecule has 2 heterocycles. The van der Waals surface area contributed by atoms with Gasteiger partial charge in [0.15, 0.2) is 0 Å². The van der Waals surface area contributed by atoms with Gasteiger partial charge in [-0.3, -0.25) is 0 Å². The Kier molecular flexibility index (Phi) is 5.63. The maximum absolute atomic E-state index is 8.88. The van der Waals surface area contributed by atoms with Crippen LogP contribution in [0.4, 0.5) is 0 Å². The Morgan fingerprint density at radius 2 is 2.26 bits per heavy atom. The van der Waals surface area contributed by atoms with E-state index < -0.39 is 0 Å². The van der Waals surface area contributed by atoms with E-state index in [9.17, 15) is 0 Å². The Morgan fingerprint density at radius 3 is 3.00 bits per heavy atom. The second-order valence-corrected chi connectivity index (χ2v) is 5.99. The lowest BCUT2D eigenvalue weighted by molar-refractivity contribution is 0.260. The van der Waals surface area contributed by atoms with E-state index in [0.717, 1.165) is 26.1 Å². The van der Waals surface area contributed by atoms with Crippen LogP contribution in [0.25, 0.3) is 0 Å². The van der Waals surface area contributed by atoms with E-state index in [1.165, 1.54) is 10.6 Å². The summed E-state index contributed by atoms with van der Waals surface area (Å²) in [5.41, 5.74) is 1.31. The molecule has 0 amide bonds. The Bertz CT molecular complexity index is 464. The molecule has 0 aliphatic rings. The molecule has 2 aromatic heterocycles. The van der Waals surface area contributed by atoms with Gasteiger partial charge in [0, 0.05) is 29.9 Å². The first kappa shape index (κ1) is 14.3. The number of aliphatic hydroxyl groups excluding tert-OH is 1. The lowest BCUT2D eigenvalue weighted by atomic mass is 10.1. The first-order valence-electron chi connectivity index (χ1n) is 6.77. The number of aromatic nitrogens is 1. The van der Waals surface area contributed by atoms with Crippen molar-refractivity contribution in [2.45, 2.75) is 26.4 Å². The van der Waals surface area contributed by atoms with Crippen LogP contribution in [0.3, 0.4) is 0 Å². The molecule has 2 aromatic rings. The monoisotopic (exact) mass is 278 g/mol. The van der Waals surface area contributed by atoms with Crippen LogP contribution in [0.5, 0.6) is 0 Å². The van der Waals surface area contributed by atoms with Gasteiger partial charge in [-0.05, 0) is 42.5 Å². The summed E-state index contributed by atoms with van der Waals surface area (Å²) in [5.74, 6) is 0.519. The molecule has 0 saturated carbocycles. The molecule has 2 N–H and O–H groups in total. The third-order valence-electron chi connectivity index (χ3n) is 3.25. The van der Waals surface area contributed by atoms with Gasteiger partial charge in [0.1, 0.15) is 0 Å². The first-order valence-corrected chi connectivity index (χ1v) is 7.65. The highest BCUT2D eigenvalue weighted by molar-refractivity contribution is 7.09. The van der Waals surface area contributed by atoms with E-state index in [4.69, 9.17) is 5.11 Å². The van der Waals surface area contributed by atoms with E-state index in [1.54, 1.807) is 11.3 Å². The summed E-state index contributed by atoms with van der Waals surface area (Å²) in [6.45, 7) is 5.22. The third-order valence-corrected chi connectivity index (χ3v) is 4.11. The smallest absolute Gasteiger partial charge is 0.0566 e. The van der Waals surface area contributed by atoms with Crippen molar-refractivity contribution < 1.29 is 5.11 Å². The molecule has 0 radical (unpaired) electrons. The van der Waals surface area contributed by atoms with Gasteiger partial charge >= 0.3 is 0 Å². The number of rotatable bonds is 8. The molecule has 0 aliphatic carbocycles. The lowest BCUT2D eigenvalue weighted by Gasteiger charge is -2.13. The molecule has 104 valence electrons. The minimum absolute atomic E-state index is 0.275. The molecule has 0 spiro atoms. The van der Waals surface area contributed by atoms with Crippen LogP contribution in [0.15, 0.2) is 35.8 Å². The van der Waals surface area contributed by atoms with Crippen LogP contribution in [-0.2, 0) is 13.1 Å². The van der Waals surface area contributed by atoms with E-state index in [0.29, 0.717) is 5.92 Å². The van der Waals surface area contributed by atoms with Crippen molar-refractivity contribution >= 4 is 11.3 Å². The molecular weight excluding hydrogens is 256 g/mol. The molecule has 3 nitrogen and oxygen atoms in total. The Morgan fingerprint density at radius 1 is 1.37 bits per heavy atom. The Balaban J connectivity index is 1.82. The van der Waals surface area contributed by atoms with E-state index in [-0.39, 0.29) is 6.61 Å². The fraction of sp³-hybridized carbons (Fsp3) is 0.467. The summed E-state index contributed by atoms with van der Waals surface area (Å²) in [7, 11) is 0. The lowest BCUT2D eigenvalue weighted by Crippen LogP contribution is -2.22. The predicted octanol–water partition coefficient (Wildman–Crippen LogP) is 2.71. The van der Waals surface area contributed by atoms with Gasteiger partial charge in [0.05, 0.1) is 6.54 Å². The number of thiophene rings is 1. The molecule has 0 aromatic carbocycles. The number of aliphatic hydroxyl groups is 1. The fourth-order valence-corrected chi connectivity index (χ4v) is 2.81. The number of hydrogen-bond donors (Lipinski definition) is 2. The van der Waals surface area contributed by atoms with Crippen molar-refractivity contribution in [3.05, 3.63) is 46.4 Å². The van der Waals surface area contributed by atoms with Crippen LogP contribution in [-0.4, -0.2) is 22.8 Å². The largest absolute Gasteiger partial charge is 0.396 e. The maximum Gasteiger partial charge on any atom is 0.0566 e. The normalized spacial score (nSPS) is 12.7. The van der Waals surface area contributed by atoms with Crippen molar-refractivity contribution in [3.63, 3.8) is 0 Å². The van der Waals surface area contributed by atoms with Crippen molar-refractivity contribution in [2.75, 3.05) is 13.2 Å². The highest BCUT2D eigenvalue weighted by Crippen LogP contribution is 2.13. The van der Waals surface area contributed by atoms with Crippen LogP contribution in [0.2, 0.25) is 0 Å². The summed E-state index contributed by atoms with van der Waals surface area (Å²) in [6.07, 6.45) is 3.00. The van der Waals surface area contributed by atoms with E-state index >= 15 is 0 Å². The molecule has 2 rings (SSSR count). The summed E-state index contributed by atoms with van der Waals surface area (Å²) in [5, 5.41) is 14.5. The Labute approximate surface area is 118 Å².